The molecule has 0 radical (unpaired) electrons. The number of rotatable bonds is 6. The molecule has 0 saturated heterocycles. The summed E-state index contributed by atoms with van der Waals surface area (Å²) in [5.74, 6) is 0. The Balaban J connectivity index is 3.65. The summed E-state index contributed by atoms with van der Waals surface area (Å²) in [4.78, 5) is 0. The van der Waals surface area contributed by atoms with Crippen LogP contribution in [0.3, 0.4) is 0 Å². The van der Waals surface area contributed by atoms with Gasteiger partial charge in [-0.2, -0.15) is 0 Å². The van der Waals surface area contributed by atoms with Crippen LogP contribution in [0.25, 0.3) is 0 Å². The Kier molecular flexibility index (Phi) is 5.51. The van der Waals surface area contributed by atoms with E-state index in [4.69, 9.17) is 0 Å². The third-order valence-corrected chi connectivity index (χ3v) is 2.52. The van der Waals surface area contributed by atoms with Gasteiger partial charge >= 0.3 is 0 Å². The Morgan fingerprint density at radius 2 is 1.75 bits per heavy atom. The highest BCUT2D eigenvalue weighted by Crippen LogP contribution is 2.07. The monoisotopic (exact) mass is 173 g/mol. The fraction of sp³-hybridized carbons (Fsp3) is 1.00. The highest BCUT2D eigenvalue weighted by molar-refractivity contribution is 4.75. The molecule has 0 spiro atoms. The Morgan fingerprint density at radius 3 is 2.08 bits per heavy atom. The van der Waals surface area contributed by atoms with Crippen molar-refractivity contribution in [2.75, 3.05) is 6.54 Å². The largest absolute Gasteiger partial charge is 0.389 e. The second kappa shape index (κ2) is 5.55. The Labute approximate surface area is 76.4 Å². The van der Waals surface area contributed by atoms with E-state index in [1.165, 1.54) is 0 Å². The maximum Gasteiger partial charge on any atom is 0.0741 e. The zero-order valence-electron chi connectivity index (χ0n) is 8.85. The SMILES string of the molecule is CCC(CC)NCC(C)(O)CC. The zero-order valence-corrected chi connectivity index (χ0v) is 8.85. The summed E-state index contributed by atoms with van der Waals surface area (Å²) in [6.07, 6.45) is 3.08. The lowest BCUT2D eigenvalue weighted by Gasteiger charge is -2.25. The first kappa shape index (κ1) is 11.9. The highest BCUT2D eigenvalue weighted by atomic mass is 16.3. The summed E-state index contributed by atoms with van der Waals surface area (Å²) in [6, 6.07) is 0.558. The Bertz CT molecular complexity index is 108. The van der Waals surface area contributed by atoms with Crippen LogP contribution in [0.1, 0.15) is 47.0 Å². The predicted molar refractivity (Wildman–Crippen MR) is 53.3 cm³/mol. The Hall–Kier alpha value is -0.0800. The van der Waals surface area contributed by atoms with Gasteiger partial charge in [0, 0.05) is 12.6 Å². The highest BCUT2D eigenvalue weighted by Gasteiger charge is 2.17. The minimum Gasteiger partial charge on any atom is -0.389 e. The topological polar surface area (TPSA) is 32.3 Å². The molecule has 74 valence electrons. The molecule has 0 amide bonds. The van der Waals surface area contributed by atoms with E-state index < -0.39 is 5.60 Å². The maximum atomic E-state index is 9.70. The molecule has 0 rings (SSSR count). The molecule has 0 aliphatic rings. The lowest BCUT2D eigenvalue weighted by molar-refractivity contribution is 0.0525. The minimum absolute atomic E-state index is 0.539. The molecule has 0 aromatic rings. The molecular formula is C10H23NO. The van der Waals surface area contributed by atoms with Crippen molar-refractivity contribution < 1.29 is 5.11 Å². The van der Waals surface area contributed by atoms with Crippen molar-refractivity contribution in [1.82, 2.24) is 5.32 Å². The predicted octanol–water partition coefficient (Wildman–Crippen LogP) is 1.93. The van der Waals surface area contributed by atoms with Crippen molar-refractivity contribution in [2.24, 2.45) is 0 Å². The molecule has 0 fully saturated rings. The van der Waals surface area contributed by atoms with Gasteiger partial charge in [-0.15, -0.1) is 0 Å². The maximum absolute atomic E-state index is 9.70. The van der Waals surface area contributed by atoms with Crippen molar-refractivity contribution in [3.63, 3.8) is 0 Å². The van der Waals surface area contributed by atoms with E-state index in [0.717, 1.165) is 19.3 Å². The van der Waals surface area contributed by atoms with E-state index in [9.17, 15) is 5.11 Å². The Morgan fingerprint density at radius 1 is 1.25 bits per heavy atom. The summed E-state index contributed by atoms with van der Waals surface area (Å²) in [5.41, 5.74) is -0.539. The van der Waals surface area contributed by atoms with Crippen LogP contribution >= 0.6 is 0 Å². The van der Waals surface area contributed by atoms with Gasteiger partial charge in [0.25, 0.3) is 0 Å². The molecule has 2 heteroatoms. The molecule has 0 saturated carbocycles. The first-order chi connectivity index (χ1) is 5.55. The van der Waals surface area contributed by atoms with E-state index in [1.807, 2.05) is 13.8 Å². The van der Waals surface area contributed by atoms with Crippen LogP contribution in [0.4, 0.5) is 0 Å². The smallest absolute Gasteiger partial charge is 0.0741 e. The van der Waals surface area contributed by atoms with Gasteiger partial charge in [-0.25, -0.2) is 0 Å². The van der Waals surface area contributed by atoms with Gasteiger partial charge in [-0.05, 0) is 26.2 Å². The zero-order chi connectivity index (χ0) is 9.61. The number of hydrogen-bond donors (Lipinski definition) is 2. The van der Waals surface area contributed by atoms with E-state index in [1.54, 1.807) is 0 Å². The van der Waals surface area contributed by atoms with Gasteiger partial charge in [0.2, 0.25) is 0 Å². The number of nitrogens with one attached hydrogen (secondary N) is 1. The normalized spacial score (nSPS) is 16.5. The van der Waals surface area contributed by atoms with Crippen LogP contribution in [0.2, 0.25) is 0 Å². The second-order valence-corrected chi connectivity index (χ2v) is 3.74. The molecule has 12 heavy (non-hydrogen) atoms. The van der Waals surface area contributed by atoms with E-state index >= 15 is 0 Å². The first-order valence-corrected chi connectivity index (χ1v) is 5.01. The second-order valence-electron chi connectivity index (χ2n) is 3.74. The molecule has 0 aromatic carbocycles. The first-order valence-electron chi connectivity index (χ1n) is 5.01. The quantitative estimate of drug-likeness (QED) is 0.643. The van der Waals surface area contributed by atoms with Gasteiger partial charge in [-0.1, -0.05) is 20.8 Å². The fourth-order valence-corrected chi connectivity index (χ4v) is 1.07. The molecule has 1 unspecified atom stereocenters. The molecule has 1 atom stereocenters. The van der Waals surface area contributed by atoms with Crippen LogP contribution in [0.15, 0.2) is 0 Å². The molecule has 0 bridgehead atoms. The molecular weight excluding hydrogens is 150 g/mol. The van der Waals surface area contributed by atoms with Gasteiger partial charge in [-0.3, -0.25) is 0 Å². The van der Waals surface area contributed by atoms with E-state index in [-0.39, 0.29) is 0 Å². The van der Waals surface area contributed by atoms with Crippen molar-refractivity contribution in [3.05, 3.63) is 0 Å². The van der Waals surface area contributed by atoms with Gasteiger partial charge in [0.1, 0.15) is 0 Å². The fourth-order valence-electron chi connectivity index (χ4n) is 1.07. The van der Waals surface area contributed by atoms with Crippen molar-refractivity contribution in [1.29, 1.82) is 0 Å². The van der Waals surface area contributed by atoms with Crippen molar-refractivity contribution in [3.8, 4) is 0 Å². The summed E-state index contributed by atoms with van der Waals surface area (Å²) in [6.45, 7) is 8.93. The lowest BCUT2D eigenvalue weighted by Crippen LogP contribution is -2.41. The third kappa shape index (κ3) is 4.73. The molecule has 0 heterocycles. The van der Waals surface area contributed by atoms with Crippen molar-refractivity contribution >= 4 is 0 Å². The summed E-state index contributed by atoms with van der Waals surface area (Å²) < 4.78 is 0. The average molecular weight is 173 g/mol. The standard InChI is InChI=1S/C10H23NO/c1-5-9(6-2)11-8-10(4,12)7-3/h9,11-12H,5-8H2,1-4H3. The van der Waals surface area contributed by atoms with Crippen LogP contribution < -0.4 is 5.32 Å². The number of hydrogen-bond acceptors (Lipinski definition) is 2. The van der Waals surface area contributed by atoms with Gasteiger partial charge in [0.05, 0.1) is 5.60 Å². The van der Waals surface area contributed by atoms with Crippen molar-refractivity contribution in [2.45, 2.75) is 58.6 Å². The van der Waals surface area contributed by atoms with E-state index in [2.05, 4.69) is 19.2 Å². The van der Waals surface area contributed by atoms with Crippen LogP contribution in [0, 0.1) is 0 Å². The van der Waals surface area contributed by atoms with Crippen LogP contribution in [-0.2, 0) is 0 Å². The molecule has 0 aliphatic carbocycles. The summed E-state index contributed by atoms with van der Waals surface area (Å²) in [7, 11) is 0. The van der Waals surface area contributed by atoms with Gasteiger partial charge < -0.3 is 10.4 Å². The van der Waals surface area contributed by atoms with E-state index in [0.29, 0.717) is 12.6 Å². The third-order valence-electron chi connectivity index (χ3n) is 2.52. The van der Waals surface area contributed by atoms with Crippen LogP contribution in [-0.4, -0.2) is 23.3 Å². The summed E-state index contributed by atoms with van der Waals surface area (Å²) >= 11 is 0. The van der Waals surface area contributed by atoms with Gasteiger partial charge in [0.15, 0.2) is 0 Å². The molecule has 2 N–H and O–H groups in total. The molecule has 0 aliphatic heterocycles. The minimum atomic E-state index is -0.539. The lowest BCUT2D eigenvalue weighted by atomic mass is 10.0. The molecule has 0 aromatic heterocycles. The molecule has 2 nitrogen and oxygen atoms in total. The number of aliphatic hydroxyl groups is 1. The van der Waals surface area contributed by atoms with Crippen LogP contribution in [0.5, 0.6) is 0 Å². The summed E-state index contributed by atoms with van der Waals surface area (Å²) in [5, 5.41) is 13.1. The average Bonchev–Trinajstić information content (AvgIpc) is 2.06.